The summed E-state index contributed by atoms with van der Waals surface area (Å²) in [7, 11) is 1.77. The van der Waals surface area contributed by atoms with Crippen molar-refractivity contribution in [3.05, 3.63) is 11.7 Å². The number of halogens is 1. The Morgan fingerprint density at radius 3 is 2.78 bits per heavy atom. The summed E-state index contributed by atoms with van der Waals surface area (Å²) in [6, 6.07) is 0.269. The van der Waals surface area contributed by atoms with E-state index in [1.165, 1.54) is 12.8 Å². The first-order valence-corrected chi connectivity index (χ1v) is 9.71. The van der Waals surface area contributed by atoms with Gasteiger partial charge in [-0.2, -0.15) is 4.98 Å². The number of aliphatic imine (C=N–C) groups is 1. The standard InChI is InChI=1S/C18H30N6O2.HI/c1-13-21-16(26-23-13)8-5-10-20-18(19-2)22-15-9-11-24(12-15)17(25)14-6-3-4-7-14;/h14-15H,3-12H2,1-2H3,(H2,19,20,22);1H. The van der Waals surface area contributed by atoms with E-state index in [2.05, 4.69) is 25.8 Å². The van der Waals surface area contributed by atoms with E-state index in [4.69, 9.17) is 4.52 Å². The summed E-state index contributed by atoms with van der Waals surface area (Å²) in [5.74, 6) is 2.74. The van der Waals surface area contributed by atoms with Gasteiger partial charge < -0.3 is 20.1 Å². The minimum Gasteiger partial charge on any atom is -0.356 e. The highest BCUT2D eigenvalue weighted by Crippen LogP contribution is 2.27. The summed E-state index contributed by atoms with van der Waals surface area (Å²) >= 11 is 0. The predicted octanol–water partition coefficient (Wildman–Crippen LogP) is 1.88. The maximum atomic E-state index is 12.5. The lowest BCUT2D eigenvalue weighted by Crippen LogP contribution is -2.45. The molecule has 0 radical (unpaired) electrons. The number of likely N-dealkylation sites (tertiary alicyclic amines) is 1. The van der Waals surface area contributed by atoms with Crippen molar-refractivity contribution in [1.29, 1.82) is 0 Å². The Balaban J connectivity index is 0.00000261. The molecular weight excluding hydrogens is 459 g/mol. The molecule has 1 aromatic rings. The van der Waals surface area contributed by atoms with Crippen LogP contribution in [-0.4, -0.2) is 59.6 Å². The van der Waals surface area contributed by atoms with E-state index in [-0.39, 0.29) is 35.9 Å². The largest absolute Gasteiger partial charge is 0.356 e. The van der Waals surface area contributed by atoms with Gasteiger partial charge in [0.2, 0.25) is 11.8 Å². The van der Waals surface area contributed by atoms with Crippen molar-refractivity contribution in [2.75, 3.05) is 26.7 Å². The number of guanidine groups is 1. The molecule has 2 fully saturated rings. The zero-order chi connectivity index (χ0) is 18.4. The molecule has 8 nitrogen and oxygen atoms in total. The van der Waals surface area contributed by atoms with E-state index in [0.717, 1.165) is 57.7 Å². The van der Waals surface area contributed by atoms with Crippen molar-refractivity contribution < 1.29 is 9.32 Å². The second-order valence-corrected chi connectivity index (χ2v) is 7.23. The van der Waals surface area contributed by atoms with E-state index < -0.39 is 0 Å². The highest BCUT2D eigenvalue weighted by molar-refractivity contribution is 14.0. The summed E-state index contributed by atoms with van der Waals surface area (Å²) in [4.78, 5) is 23.0. The molecule has 27 heavy (non-hydrogen) atoms. The lowest BCUT2D eigenvalue weighted by Gasteiger charge is -2.21. The average molecular weight is 490 g/mol. The van der Waals surface area contributed by atoms with Gasteiger partial charge in [-0.15, -0.1) is 24.0 Å². The quantitative estimate of drug-likeness (QED) is 0.274. The van der Waals surface area contributed by atoms with Gasteiger partial charge >= 0.3 is 0 Å². The second-order valence-electron chi connectivity index (χ2n) is 7.23. The minimum absolute atomic E-state index is 0. The Kier molecular flexibility index (Phi) is 8.78. The molecule has 2 heterocycles. The molecule has 0 aromatic carbocycles. The van der Waals surface area contributed by atoms with Gasteiger partial charge in [0.05, 0.1) is 0 Å². The third kappa shape index (κ3) is 6.32. The molecule has 1 aromatic heterocycles. The first-order valence-electron chi connectivity index (χ1n) is 9.71. The van der Waals surface area contributed by atoms with E-state index in [1.54, 1.807) is 7.05 Å². The van der Waals surface area contributed by atoms with Gasteiger partial charge in [0.1, 0.15) is 0 Å². The van der Waals surface area contributed by atoms with Crippen LogP contribution in [0.1, 0.15) is 50.2 Å². The molecule has 0 spiro atoms. The summed E-state index contributed by atoms with van der Waals surface area (Å²) in [5.41, 5.74) is 0. The lowest BCUT2D eigenvalue weighted by molar-refractivity contribution is -0.134. The molecule has 1 atom stereocenters. The molecule has 152 valence electrons. The zero-order valence-corrected chi connectivity index (χ0v) is 18.6. The minimum atomic E-state index is 0. The monoisotopic (exact) mass is 490 g/mol. The number of hydrogen-bond acceptors (Lipinski definition) is 5. The van der Waals surface area contributed by atoms with E-state index in [0.29, 0.717) is 17.6 Å². The first-order chi connectivity index (χ1) is 12.7. The molecule has 1 saturated carbocycles. The van der Waals surface area contributed by atoms with E-state index >= 15 is 0 Å². The number of aromatic nitrogens is 2. The summed E-state index contributed by atoms with van der Waals surface area (Å²) in [6.45, 7) is 4.22. The van der Waals surface area contributed by atoms with Crippen molar-refractivity contribution in [3.8, 4) is 0 Å². The van der Waals surface area contributed by atoms with Crippen LogP contribution in [0, 0.1) is 12.8 Å². The van der Waals surface area contributed by atoms with Crippen molar-refractivity contribution >= 4 is 35.8 Å². The van der Waals surface area contributed by atoms with Crippen molar-refractivity contribution in [2.45, 2.75) is 57.9 Å². The van der Waals surface area contributed by atoms with Crippen LogP contribution in [0.2, 0.25) is 0 Å². The molecule has 1 aliphatic heterocycles. The van der Waals surface area contributed by atoms with Gasteiger partial charge in [-0.3, -0.25) is 9.79 Å². The SMILES string of the molecule is CN=C(NCCCc1nc(C)no1)NC1CCN(C(=O)C2CCCC2)C1.I. The first kappa shape index (κ1) is 21.9. The maximum absolute atomic E-state index is 12.5. The lowest BCUT2D eigenvalue weighted by atomic mass is 10.1. The number of nitrogens with zero attached hydrogens (tertiary/aromatic N) is 4. The fourth-order valence-corrected chi connectivity index (χ4v) is 3.79. The topological polar surface area (TPSA) is 95.7 Å². The van der Waals surface area contributed by atoms with Gasteiger partial charge in [0.15, 0.2) is 11.8 Å². The third-order valence-electron chi connectivity index (χ3n) is 5.20. The van der Waals surface area contributed by atoms with Gasteiger partial charge in [0, 0.05) is 45.1 Å². The molecule has 3 rings (SSSR count). The number of carbonyl (C=O) groups excluding carboxylic acids is 1. The third-order valence-corrected chi connectivity index (χ3v) is 5.20. The van der Waals surface area contributed by atoms with Gasteiger partial charge in [0.25, 0.3) is 0 Å². The fourth-order valence-electron chi connectivity index (χ4n) is 3.79. The van der Waals surface area contributed by atoms with Crippen LogP contribution in [0.5, 0.6) is 0 Å². The van der Waals surface area contributed by atoms with Crippen LogP contribution >= 0.6 is 24.0 Å². The van der Waals surface area contributed by atoms with Crippen molar-refractivity contribution in [2.24, 2.45) is 10.9 Å². The van der Waals surface area contributed by atoms with Crippen molar-refractivity contribution in [3.63, 3.8) is 0 Å². The molecule has 2 N–H and O–H groups in total. The predicted molar refractivity (Wildman–Crippen MR) is 114 cm³/mol. The second kappa shape index (κ2) is 10.8. The molecule has 2 aliphatic rings. The Bertz CT molecular complexity index is 629. The summed E-state index contributed by atoms with van der Waals surface area (Å²) in [5, 5.41) is 10.5. The number of hydrogen-bond donors (Lipinski definition) is 2. The summed E-state index contributed by atoms with van der Waals surface area (Å²) in [6.07, 6.45) is 7.14. The van der Waals surface area contributed by atoms with Crippen LogP contribution < -0.4 is 10.6 Å². The smallest absolute Gasteiger partial charge is 0.226 e. The molecule has 1 amide bonds. The van der Waals surface area contributed by atoms with Crippen LogP contribution in [-0.2, 0) is 11.2 Å². The number of aryl methyl sites for hydroxylation is 2. The van der Waals surface area contributed by atoms with Crippen molar-refractivity contribution in [1.82, 2.24) is 25.7 Å². The normalized spacial score (nSPS) is 20.6. The van der Waals surface area contributed by atoms with E-state index in [9.17, 15) is 4.79 Å². The molecule has 1 saturated heterocycles. The number of amides is 1. The summed E-state index contributed by atoms with van der Waals surface area (Å²) < 4.78 is 5.11. The fraction of sp³-hybridized carbons (Fsp3) is 0.778. The van der Waals surface area contributed by atoms with Crippen LogP contribution in [0.15, 0.2) is 9.52 Å². The Labute approximate surface area is 178 Å². The molecule has 1 aliphatic carbocycles. The number of carbonyl (C=O) groups is 1. The highest BCUT2D eigenvalue weighted by atomic mass is 127. The highest BCUT2D eigenvalue weighted by Gasteiger charge is 2.32. The van der Waals surface area contributed by atoms with Crippen LogP contribution in [0.4, 0.5) is 0 Å². The van der Waals surface area contributed by atoms with Gasteiger partial charge in [-0.05, 0) is 32.6 Å². The number of rotatable bonds is 6. The Hall–Kier alpha value is -1.39. The average Bonchev–Trinajstić information content (AvgIpc) is 3.39. The molecule has 0 bridgehead atoms. The molecule has 1 unspecified atom stereocenters. The Morgan fingerprint density at radius 2 is 2.11 bits per heavy atom. The van der Waals surface area contributed by atoms with Crippen LogP contribution in [0.3, 0.4) is 0 Å². The Morgan fingerprint density at radius 1 is 1.33 bits per heavy atom. The maximum Gasteiger partial charge on any atom is 0.226 e. The van der Waals surface area contributed by atoms with Gasteiger partial charge in [-0.1, -0.05) is 18.0 Å². The van der Waals surface area contributed by atoms with Gasteiger partial charge in [-0.25, -0.2) is 0 Å². The molecule has 9 heteroatoms. The van der Waals surface area contributed by atoms with E-state index in [1.807, 2.05) is 11.8 Å². The zero-order valence-electron chi connectivity index (χ0n) is 16.2. The van der Waals surface area contributed by atoms with Crippen LogP contribution in [0.25, 0.3) is 0 Å². The molecular formula is C18H31IN6O2. The number of nitrogens with one attached hydrogen (secondary N) is 2.